The van der Waals surface area contributed by atoms with Gasteiger partial charge in [-0.15, -0.1) is 11.8 Å². The fraction of sp³-hybridized carbons (Fsp3) is 0.552. The van der Waals surface area contributed by atoms with Gasteiger partial charge in [0.2, 0.25) is 0 Å². The zero-order valence-electron chi connectivity index (χ0n) is 22.1. The van der Waals surface area contributed by atoms with Crippen LogP contribution in [-0.4, -0.2) is 28.5 Å². The van der Waals surface area contributed by atoms with Gasteiger partial charge in [0.1, 0.15) is 11.5 Å². The summed E-state index contributed by atoms with van der Waals surface area (Å²) in [5.74, 6) is 1.41. The first-order valence-corrected chi connectivity index (χ1v) is 13.1. The summed E-state index contributed by atoms with van der Waals surface area (Å²) < 4.78 is 5.79. The van der Waals surface area contributed by atoms with Crippen LogP contribution < -0.4 is 4.74 Å². The van der Waals surface area contributed by atoms with Gasteiger partial charge in [-0.1, -0.05) is 53.7 Å². The Bertz CT molecular complexity index is 928. The molecule has 5 heteroatoms. The van der Waals surface area contributed by atoms with E-state index in [2.05, 4.69) is 65.8 Å². The number of carbonyl (C=O) groups is 1. The highest BCUT2D eigenvalue weighted by molar-refractivity contribution is 7.99. The molecule has 0 radical (unpaired) electrons. The van der Waals surface area contributed by atoms with Gasteiger partial charge < -0.3 is 14.9 Å². The SMILES string of the molecule is CC(C)(CCCOc1ccc(CCSc2cc(C(C)(C)C)c(O)c(C(C)(C)C)c2)cc1)C(=O)O. The van der Waals surface area contributed by atoms with Crippen LogP contribution in [0.2, 0.25) is 0 Å². The summed E-state index contributed by atoms with van der Waals surface area (Å²) in [4.78, 5) is 12.4. The minimum atomic E-state index is -0.772. The topological polar surface area (TPSA) is 66.8 Å². The fourth-order valence-electron chi connectivity index (χ4n) is 3.68. The molecule has 0 aliphatic heterocycles. The lowest BCUT2D eigenvalue weighted by atomic mass is 9.79. The number of aryl methyl sites for hydroxylation is 1. The van der Waals surface area contributed by atoms with Crippen molar-refractivity contribution < 1.29 is 19.7 Å². The van der Waals surface area contributed by atoms with Gasteiger partial charge in [-0.05, 0) is 73.8 Å². The maximum absolute atomic E-state index is 11.2. The number of benzene rings is 2. The Morgan fingerprint density at radius 3 is 1.91 bits per heavy atom. The van der Waals surface area contributed by atoms with Crippen molar-refractivity contribution in [3.63, 3.8) is 0 Å². The molecule has 2 N–H and O–H groups in total. The number of carboxylic acid groups (broad SMARTS) is 1. The molecular formula is C29H42O4S. The summed E-state index contributed by atoms with van der Waals surface area (Å²) in [6, 6.07) is 12.4. The lowest BCUT2D eigenvalue weighted by molar-refractivity contribution is -0.147. The van der Waals surface area contributed by atoms with E-state index in [4.69, 9.17) is 4.74 Å². The molecule has 0 atom stereocenters. The molecule has 0 fully saturated rings. The van der Waals surface area contributed by atoms with Crippen LogP contribution in [0.25, 0.3) is 0 Å². The normalized spacial score (nSPS) is 12.6. The predicted molar refractivity (Wildman–Crippen MR) is 143 cm³/mol. The Labute approximate surface area is 210 Å². The minimum absolute atomic E-state index is 0.125. The zero-order chi connectivity index (χ0) is 25.7. The average molecular weight is 487 g/mol. The van der Waals surface area contributed by atoms with Gasteiger partial charge >= 0.3 is 5.97 Å². The molecule has 0 saturated carbocycles. The minimum Gasteiger partial charge on any atom is -0.507 e. The van der Waals surface area contributed by atoms with E-state index in [1.807, 2.05) is 23.9 Å². The quantitative estimate of drug-likeness (QED) is 0.267. The molecule has 2 aromatic rings. The maximum atomic E-state index is 11.2. The van der Waals surface area contributed by atoms with Crippen LogP contribution in [0.4, 0.5) is 0 Å². The first-order chi connectivity index (χ1) is 15.6. The molecule has 0 aliphatic rings. The zero-order valence-corrected chi connectivity index (χ0v) is 22.9. The van der Waals surface area contributed by atoms with Crippen LogP contribution >= 0.6 is 11.8 Å². The molecule has 0 aromatic heterocycles. The third-order valence-electron chi connectivity index (χ3n) is 6.08. The van der Waals surface area contributed by atoms with E-state index in [0.717, 1.165) is 29.1 Å². The van der Waals surface area contributed by atoms with Crippen molar-refractivity contribution in [2.75, 3.05) is 12.4 Å². The van der Waals surface area contributed by atoms with Crippen LogP contribution in [0.5, 0.6) is 11.5 Å². The summed E-state index contributed by atoms with van der Waals surface area (Å²) in [5.41, 5.74) is 2.27. The van der Waals surface area contributed by atoms with E-state index < -0.39 is 11.4 Å². The molecule has 188 valence electrons. The van der Waals surface area contributed by atoms with Crippen molar-refractivity contribution in [1.82, 2.24) is 0 Å². The number of hydrogen-bond donors (Lipinski definition) is 2. The molecule has 0 amide bonds. The van der Waals surface area contributed by atoms with E-state index in [1.54, 1.807) is 13.8 Å². The Morgan fingerprint density at radius 2 is 1.44 bits per heavy atom. The van der Waals surface area contributed by atoms with Gasteiger partial charge in [-0.3, -0.25) is 4.79 Å². The predicted octanol–water partition coefficient (Wildman–Crippen LogP) is 7.59. The Morgan fingerprint density at radius 1 is 0.912 bits per heavy atom. The lowest BCUT2D eigenvalue weighted by Gasteiger charge is -2.28. The van der Waals surface area contributed by atoms with Gasteiger partial charge in [-0.25, -0.2) is 0 Å². The summed E-state index contributed by atoms with van der Waals surface area (Å²) in [6.45, 7) is 16.8. The maximum Gasteiger partial charge on any atom is 0.309 e. The first-order valence-electron chi connectivity index (χ1n) is 12.1. The van der Waals surface area contributed by atoms with E-state index in [9.17, 15) is 15.0 Å². The monoisotopic (exact) mass is 486 g/mol. The van der Waals surface area contributed by atoms with Gasteiger partial charge in [-0.2, -0.15) is 0 Å². The number of rotatable bonds is 10. The molecule has 2 aromatic carbocycles. The number of carboxylic acids is 1. The van der Waals surface area contributed by atoms with Crippen LogP contribution in [0.3, 0.4) is 0 Å². The summed E-state index contributed by atoms with van der Waals surface area (Å²) >= 11 is 1.82. The second kappa shape index (κ2) is 11.1. The highest BCUT2D eigenvalue weighted by atomic mass is 32.2. The number of phenolic OH excluding ortho intramolecular Hbond substituents is 1. The smallest absolute Gasteiger partial charge is 0.309 e. The molecule has 2 rings (SSSR count). The van der Waals surface area contributed by atoms with Gasteiger partial charge in [0.15, 0.2) is 0 Å². The van der Waals surface area contributed by atoms with Crippen LogP contribution in [0, 0.1) is 5.41 Å². The number of thioether (sulfide) groups is 1. The summed E-state index contributed by atoms with van der Waals surface area (Å²) in [6.07, 6.45) is 2.23. The van der Waals surface area contributed by atoms with E-state index in [0.29, 0.717) is 25.2 Å². The third kappa shape index (κ3) is 7.97. The van der Waals surface area contributed by atoms with E-state index >= 15 is 0 Å². The molecule has 0 heterocycles. The van der Waals surface area contributed by atoms with Crippen molar-refractivity contribution in [2.24, 2.45) is 5.41 Å². The molecule has 0 saturated heterocycles. The number of aromatic hydroxyl groups is 1. The Hall–Kier alpha value is -2.14. The second-order valence-corrected chi connectivity index (χ2v) is 12.9. The highest BCUT2D eigenvalue weighted by Gasteiger charge is 2.27. The third-order valence-corrected chi connectivity index (χ3v) is 7.05. The Balaban J connectivity index is 1.94. The fourth-order valence-corrected chi connectivity index (χ4v) is 4.66. The van der Waals surface area contributed by atoms with Crippen LogP contribution in [0.1, 0.15) is 84.9 Å². The molecule has 0 spiro atoms. The first kappa shape index (κ1) is 28.1. The average Bonchev–Trinajstić information content (AvgIpc) is 2.71. The van der Waals surface area contributed by atoms with Crippen LogP contribution in [0.15, 0.2) is 41.3 Å². The number of phenols is 1. The molecular weight excluding hydrogens is 444 g/mol. The largest absolute Gasteiger partial charge is 0.507 e. The molecule has 34 heavy (non-hydrogen) atoms. The van der Waals surface area contributed by atoms with Gasteiger partial charge in [0.05, 0.1) is 12.0 Å². The second-order valence-electron chi connectivity index (χ2n) is 11.8. The van der Waals surface area contributed by atoms with Crippen molar-refractivity contribution in [2.45, 2.75) is 90.4 Å². The van der Waals surface area contributed by atoms with Gasteiger partial charge in [0, 0.05) is 21.8 Å². The summed E-state index contributed by atoms with van der Waals surface area (Å²) in [7, 11) is 0. The Kier molecular flexibility index (Phi) is 9.15. The number of hydrogen-bond acceptors (Lipinski definition) is 4. The molecule has 0 unspecified atom stereocenters. The van der Waals surface area contributed by atoms with Crippen molar-refractivity contribution in [3.05, 3.63) is 53.1 Å². The van der Waals surface area contributed by atoms with Gasteiger partial charge in [0.25, 0.3) is 0 Å². The van der Waals surface area contributed by atoms with Crippen molar-refractivity contribution in [3.8, 4) is 11.5 Å². The van der Waals surface area contributed by atoms with E-state index in [1.165, 1.54) is 10.5 Å². The molecule has 4 nitrogen and oxygen atoms in total. The highest BCUT2D eigenvalue weighted by Crippen LogP contribution is 2.41. The molecule has 0 bridgehead atoms. The van der Waals surface area contributed by atoms with Crippen molar-refractivity contribution >= 4 is 17.7 Å². The summed E-state index contributed by atoms with van der Waals surface area (Å²) in [5, 5.41) is 20.1. The number of ether oxygens (including phenoxy) is 1. The van der Waals surface area contributed by atoms with E-state index in [-0.39, 0.29) is 10.8 Å². The van der Waals surface area contributed by atoms with Crippen molar-refractivity contribution in [1.29, 1.82) is 0 Å². The number of aliphatic carboxylic acids is 1. The lowest BCUT2D eigenvalue weighted by Crippen LogP contribution is -2.24. The molecule has 0 aliphatic carbocycles. The van der Waals surface area contributed by atoms with Crippen LogP contribution in [-0.2, 0) is 22.0 Å². The standard InChI is InChI=1S/C29H42O4S/c1-27(2,3)23-18-22(19-24(25(23)30)28(4,5)6)34-17-14-20-10-12-21(13-11-20)33-16-9-15-29(7,8)26(31)32/h10-13,18-19,30H,9,14-17H2,1-8H3,(H,31,32).